The van der Waals surface area contributed by atoms with Crippen molar-refractivity contribution in [1.82, 2.24) is 19.4 Å². The van der Waals surface area contributed by atoms with Crippen LogP contribution in [0.15, 0.2) is 35.1 Å². The number of anilines is 2. The maximum Gasteiger partial charge on any atom is 0.284 e. The number of fused-ring (bicyclic) bond motifs is 1. The van der Waals surface area contributed by atoms with E-state index in [1.807, 2.05) is 0 Å². The largest absolute Gasteiger partial charge is 0.306 e. The number of rotatable bonds is 4. The zero-order valence-corrected chi connectivity index (χ0v) is 11.5. The maximum atomic E-state index is 12.4. The lowest BCUT2D eigenvalue weighted by Crippen LogP contribution is -2.19. The summed E-state index contributed by atoms with van der Waals surface area (Å²) < 4.78 is 28.5. The van der Waals surface area contributed by atoms with Gasteiger partial charge in [-0.3, -0.25) is 4.40 Å². The van der Waals surface area contributed by atoms with E-state index in [2.05, 4.69) is 25.1 Å². The first-order valence-electron chi connectivity index (χ1n) is 5.34. The quantitative estimate of drug-likeness (QED) is 0.466. The summed E-state index contributed by atoms with van der Waals surface area (Å²) in [6, 6.07) is 1.58. The summed E-state index contributed by atoms with van der Waals surface area (Å²) in [6.07, 6.45) is 4.46. The molecule has 0 aliphatic heterocycles. The Kier molecular flexibility index (Phi) is 3.00. The SMILES string of the molecule is NNc1nc2sccn2c1S(=O)(=O)Nc1ncccn1. The van der Waals surface area contributed by atoms with Crippen molar-refractivity contribution >= 4 is 38.1 Å². The van der Waals surface area contributed by atoms with Crippen molar-refractivity contribution in [2.24, 2.45) is 5.84 Å². The molecular formula is C9H9N7O2S2. The molecule has 3 aromatic heterocycles. The van der Waals surface area contributed by atoms with Crippen LogP contribution in [0.5, 0.6) is 0 Å². The minimum absolute atomic E-state index is 0.0272. The second-order valence-corrected chi connectivity index (χ2v) is 6.11. The van der Waals surface area contributed by atoms with Gasteiger partial charge in [-0.2, -0.15) is 13.4 Å². The molecule has 0 amide bonds. The number of imidazole rings is 1. The molecule has 3 heterocycles. The van der Waals surface area contributed by atoms with Crippen LogP contribution in [-0.2, 0) is 10.0 Å². The Balaban J connectivity index is 2.11. The molecule has 0 atom stereocenters. The van der Waals surface area contributed by atoms with Gasteiger partial charge in [0.05, 0.1) is 0 Å². The zero-order valence-electron chi connectivity index (χ0n) is 9.89. The second-order valence-electron chi connectivity index (χ2n) is 3.64. The van der Waals surface area contributed by atoms with Gasteiger partial charge in [0.2, 0.25) is 11.0 Å². The molecule has 0 fully saturated rings. The normalized spacial score (nSPS) is 11.7. The van der Waals surface area contributed by atoms with Crippen LogP contribution in [0.25, 0.3) is 4.96 Å². The fourth-order valence-electron chi connectivity index (χ4n) is 1.64. The number of aromatic nitrogens is 4. The number of nitrogen functional groups attached to an aromatic ring is 1. The lowest BCUT2D eigenvalue weighted by Gasteiger charge is -2.06. The molecule has 0 saturated carbocycles. The molecule has 20 heavy (non-hydrogen) atoms. The summed E-state index contributed by atoms with van der Waals surface area (Å²) in [6.45, 7) is 0. The molecule has 0 aliphatic carbocycles. The van der Waals surface area contributed by atoms with E-state index in [9.17, 15) is 8.42 Å². The number of hydrogen-bond donors (Lipinski definition) is 3. The number of sulfonamides is 1. The van der Waals surface area contributed by atoms with Gasteiger partial charge in [-0.15, -0.1) is 11.3 Å². The zero-order chi connectivity index (χ0) is 14.2. The molecule has 0 unspecified atom stereocenters. The van der Waals surface area contributed by atoms with Gasteiger partial charge in [-0.1, -0.05) is 0 Å². The molecule has 9 nitrogen and oxygen atoms in total. The van der Waals surface area contributed by atoms with Crippen molar-refractivity contribution in [3.05, 3.63) is 30.0 Å². The summed E-state index contributed by atoms with van der Waals surface area (Å²) in [7, 11) is -3.92. The molecule has 0 radical (unpaired) electrons. The molecule has 4 N–H and O–H groups in total. The average Bonchev–Trinajstić information content (AvgIpc) is 2.98. The molecule has 3 rings (SSSR count). The predicted molar refractivity (Wildman–Crippen MR) is 73.7 cm³/mol. The Hall–Kier alpha value is -2.24. The third-order valence-corrected chi connectivity index (χ3v) is 4.51. The molecule has 104 valence electrons. The van der Waals surface area contributed by atoms with E-state index < -0.39 is 10.0 Å². The fraction of sp³-hybridized carbons (Fsp3) is 0. The van der Waals surface area contributed by atoms with Crippen LogP contribution in [0.3, 0.4) is 0 Å². The Morgan fingerprint density at radius 1 is 1.30 bits per heavy atom. The number of nitrogens with one attached hydrogen (secondary N) is 2. The Labute approximate surface area is 117 Å². The van der Waals surface area contributed by atoms with Gasteiger partial charge in [-0.05, 0) is 6.07 Å². The van der Waals surface area contributed by atoms with Crippen LogP contribution < -0.4 is 16.0 Å². The summed E-state index contributed by atoms with van der Waals surface area (Å²) in [5.41, 5.74) is 2.28. The lowest BCUT2D eigenvalue weighted by molar-refractivity contribution is 0.596. The predicted octanol–water partition coefficient (Wildman–Crippen LogP) is 0.272. The highest BCUT2D eigenvalue weighted by molar-refractivity contribution is 7.92. The molecule has 11 heteroatoms. The van der Waals surface area contributed by atoms with E-state index >= 15 is 0 Å². The smallest absolute Gasteiger partial charge is 0.284 e. The van der Waals surface area contributed by atoms with E-state index in [1.165, 1.54) is 28.1 Å². The van der Waals surface area contributed by atoms with Crippen LogP contribution in [0, 0.1) is 0 Å². The minimum atomic E-state index is -3.92. The Morgan fingerprint density at radius 3 is 2.75 bits per heavy atom. The van der Waals surface area contributed by atoms with Gasteiger partial charge in [0, 0.05) is 24.0 Å². The first-order chi connectivity index (χ1) is 9.62. The van der Waals surface area contributed by atoms with Crippen LogP contribution in [-0.4, -0.2) is 27.8 Å². The highest BCUT2D eigenvalue weighted by Crippen LogP contribution is 2.25. The monoisotopic (exact) mass is 311 g/mol. The van der Waals surface area contributed by atoms with Gasteiger partial charge in [0.15, 0.2) is 10.8 Å². The van der Waals surface area contributed by atoms with E-state index in [0.717, 1.165) is 0 Å². The Morgan fingerprint density at radius 2 is 2.05 bits per heavy atom. The summed E-state index contributed by atoms with van der Waals surface area (Å²) in [5, 5.41) is 1.63. The van der Waals surface area contributed by atoms with Crippen molar-refractivity contribution in [2.45, 2.75) is 5.03 Å². The molecule has 0 saturated heterocycles. The number of hydrazine groups is 1. The highest BCUT2D eigenvalue weighted by Gasteiger charge is 2.26. The first kappa shape index (κ1) is 12.8. The minimum Gasteiger partial charge on any atom is -0.306 e. The van der Waals surface area contributed by atoms with Gasteiger partial charge in [0.1, 0.15) is 0 Å². The van der Waals surface area contributed by atoms with Gasteiger partial charge in [0.25, 0.3) is 10.0 Å². The van der Waals surface area contributed by atoms with Crippen molar-refractivity contribution in [2.75, 3.05) is 10.1 Å². The number of hydrogen-bond acceptors (Lipinski definition) is 8. The van der Waals surface area contributed by atoms with Crippen LogP contribution >= 0.6 is 11.3 Å². The third kappa shape index (κ3) is 2.07. The van der Waals surface area contributed by atoms with Crippen LogP contribution in [0.2, 0.25) is 0 Å². The van der Waals surface area contributed by atoms with E-state index in [0.29, 0.717) is 4.96 Å². The third-order valence-electron chi connectivity index (χ3n) is 2.40. The van der Waals surface area contributed by atoms with Gasteiger partial charge in [-0.25, -0.2) is 20.5 Å². The topological polar surface area (TPSA) is 127 Å². The fourth-order valence-corrected chi connectivity index (χ4v) is 3.62. The lowest BCUT2D eigenvalue weighted by atomic mass is 10.7. The number of thiazole rings is 1. The average molecular weight is 311 g/mol. The van der Waals surface area contributed by atoms with Crippen molar-refractivity contribution in [3.63, 3.8) is 0 Å². The second kappa shape index (κ2) is 4.70. The summed E-state index contributed by atoms with van der Waals surface area (Å²) >= 11 is 1.29. The van der Waals surface area contributed by atoms with E-state index in [4.69, 9.17) is 5.84 Å². The van der Waals surface area contributed by atoms with Crippen molar-refractivity contribution in [3.8, 4) is 0 Å². The molecule has 0 spiro atoms. The van der Waals surface area contributed by atoms with Gasteiger partial charge >= 0.3 is 0 Å². The summed E-state index contributed by atoms with van der Waals surface area (Å²) in [4.78, 5) is 12.2. The maximum absolute atomic E-state index is 12.4. The van der Waals surface area contributed by atoms with Crippen molar-refractivity contribution in [1.29, 1.82) is 0 Å². The Bertz CT molecular complexity index is 840. The van der Waals surface area contributed by atoms with E-state index in [-0.39, 0.29) is 16.8 Å². The highest BCUT2D eigenvalue weighted by atomic mass is 32.2. The summed E-state index contributed by atoms with van der Waals surface area (Å²) in [5.74, 6) is 5.35. The molecule has 0 bridgehead atoms. The van der Waals surface area contributed by atoms with Gasteiger partial charge < -0.3 is 5.43 Å². The molecule has 0 aromatic carbocycles. The molecule has 0 aliphatic rings. The van der Waals surface area contributed by atoms with Crippen LogP contribution in [0.1, 0.15) is 0 Å². The number of nitrogens with two attached hydrogens (primary N) is 1. The first-order valence-corrected chi connectivity index (χ1v) is 7.70. The van der Waals surface area contributed by atoms with Crippen molar-refractivity contribution < 1.29 is 8.42 Å². The standard InChI is InChI=1S/C9H9N7O2S2/c10-14-6-7(16-4-5-19-9(16)13-6)20(17,18)15-8-11-2-1-3-12-8/h1-5,14H,10H2,(H,11,12,15). The molecule has 3 aromatic rings. The van der Waals surface area contributed by atoms with Crippen LogP contribution in [0.4, 0.5) is 11.8 Å². The van der Waals surface area contributed by atoms with E-state index in [1.54, 1.807) is 17.6 Å². The number of nitrogens with zero attached hydrogens (tertiary/aromatic N) is 4. The molecular weight excluding hydrogens is 302 g/mol.